The van der Waals surface area contributed by atoms with Crippen molar-refractivity contribution in [2.24, 2.45) is 11.3 Å². The quantitative estimate of drug-likeness (QED) is 0.841. The Morgan fingerprint density at radius 2 is 1.80 bits per heavy atom. The number of hydrogen-bond donors (Lipinski definition) is 1. The summed E-state index contributed by atoms with van der Waals surface area (Å²) in [5.41, 5.74) is 2.09. The molecule has 25 heavy (non-hydrogen) atoms. The summed E-state index contributed by atoms with van der Waals surface area (Å²) in [5, 5.41) is 3.97. The molecule has 2 aliphatic rings. The fourth-order valence-electron chi connectivity index (χ4n) is 4.96. The van der Waals surface area contributed by atoms with Gasteiger partial charge < -0.3 is 10.1 Å². The molecule has 1 saturated carbocycles. The molecule has 140 valence electrons. The molecule has 2 unspecified atom stereocenters. The summed E-state index contributed by atoms with van der Waals surface area (Å²) >= 11 is 0. The molecule has 1 aromatic rings. The molecule has 0 radical (unpaired) electrons. The lowest BCUT2D eigenvalue weighted by molar-refractivity contribution is -0.0223. The van der Waals surface area contributed by atoms with E-state index >= 15 is 0 Å². The van der Waals surface area contributed by atoms with Crippen LogP contribution in [0.25, 0.3) is 0 Å². The molecule has 1 aliphatic carbocycles. The minimum Gasteiger partial charge on any atom is -0.381 e. The van der Waals surface area contributed by atoms with Gasteiger partial charge in [0.1, 0.15) is 0 Å². The van der Waals surface area contributed by atoms with Crippen LogP contribution in [0, 0.1) is 11.3 Å². The van der Waals surface area contributed by atoms with E-state index in [1.165, 1.54) is 18.4 Å². The predicted octanol–water partition coefficient (Wildman–Crippen LogP) is 4.08. The number of hydrogen-bond acceptors (Lipinski definition) is 3. The first-order valence-corrected chi connectivity index (χ1v) is 9.97. The zero-order chi connectivity index (χ0) is 17.9. The maximum absolute atomic E-state index is 5.70. The zero-order valence-corrected chi connectivity index (χ0v) is 16.6. The summed E-state index contributed by atoms with van der Waals surface area (Å²) in [6.45, 7) is 11.1. The molecule has 3 rings (SSSR count). The lowest BCUT2D eigenvalue weighted by atomic mass is 9.87. The number of nitrogens with zero attached hydrogens (tertiary/aromatic N) is 1. The van der Waals surface area contributed by atoms with Gasteiger partial charge in [-0.2, -0.15) is 0 Å². The fraction of sp³-hybridized carbons (Fsp3) is 0.727. The Labute approximate surface area is 154 Å². The summed E-state index contributed by atoms with van der Waals surface area (Å²) in [4.78, 5) is 2.57. The molecule has 0 amide bonds. The van der Waals surface area contributed by atoms with Gasteiger partial charge in [-0.15, -0.1) is 0 Å². The van der Waals surface area contributed by atoms with E-state index in [1.807, 2.05) is 0 Å². The Bertz CT molecular complexity index is 536. The van der Waals surface area contributed by atoms with Crippen molar-refractivity contribution in [3.63, 3.8) is 0 Å². The van der Waals surface area contributed by atoms with Crippen LogP contribution in [0.2, 0.25) is 0 Å². The van der Waals surface area contributed by atoms with Crippen LogP contribution in [-0.4, -0.2) is 43.3 Å². The van der Waals surface area contributed by atoms with Gasteiger partial charge in [0.05, 0.1) is 0 Å². The second kappa shape index (κ2) is 7.77. The zero-order valence-electron chi connectivity index (χ0n) is 16.6. The maximum atomic E-state index is 5.70. The monoisotopic (exact) mass is 344 g/mol. The first-order valence-electron chi connectivity index (χ1n) is 9.97. The van der Waals surface area contributed by atoms with E-state index in [2.05, 4.69) is 68.4 Å². The molecule has 0 spiro atoms. The third-order valence-electron chi connectivity index (χ3n) is 6.52. The molecule has 1 saturated heterocycles. The van der Waals surface area contributed by atoms with E-state index in [-0.39, 0.29) is 5.54 Å². The van der Waals surface area contributed by atoms with E-state index in [9.17, 15) is 0 Å². The second-order valence-corrected chi connectivity index (χ2v) is 9.22. The summed E-state index contributed by atoms with van der Waals surface area (Å²) in [7, 11) is 2.29. The highest BCUT2D eigenvalue weighted by molar-refractivity contribution is 5.15. The molecule has 1 N–H and O–H groups in total. The number of likely N-dealkylation sites (N-methyl/N-ethyl adjacent to an activating group) is 1. The standard InChI is InChI=1S/C22H36N2O/c1-18-14-21(2,3)15-20(18)23-17-22(10-12-25-13-11-22)24(4)16-19-8-6-5-7-9-19/h5-9,18,20,23H,10-17H2,1-4H3. The topological polar surface area (TPSA) is 24.5 Å². The molecular formula is C22H36N2O. The van der Waals surface area contributed by atoms with Gasteiger partial charge in [-0.05, 0) is 49.6 Å². The van der Waals surface area contributed by atoms with Gasteiger partial charge in [0.25, 0.3) is 0 Å². The Kier molecular flexibility index (Phi) is 5.87. The van der Waals surface area contributed by atoms with E-state index in [0.29, 0.717) is 11.5 Å². The average molecular weight is 345 g/mol. The number of ether oxygens (including phenoxy) is 1. The number of rotatable bonds is 6. The molecule has 0 bridgehead atoms. The minimum absolute atomic E-state index is 0.209. The van der Waals surface area contributed by atoms with Crippen LogP contribution in [0.15, 0.2) is 30.3 Å². The number of benzene rings is 1. The largest absolute Gasteiger partial charge is 0.381 e. The first kappa shape index (κ1) is 18.9. The minimum atomic E-state index is 0.209. The van der Waals surface area contributed by atoms with Crippen LogP contribution in [0.3, 0.4) is 0 Å². The first-order chi connectivity index (χ1) is 11.9. The van der Waals surface area contributed by atoms with Crippen LogP contribution in [0.5, 0.6) is 0 Å². The summed E-state index contributed by atoms with van der Waals surface area (Å²) in [5.74, 6) is 0.770. The second-order valence-electron chi connectivity index (χ2n) is 9.22. The number of nitrogens with one attached hydrogen (secondary N) is 1. The lowest BCUT2D eigenvalue weighted by Crippen LogP contribution is -2.57. The molecule has 0 aromatic heterocycles. The van der Waals surface area contributed by atoms with Gasteiger partial charge >= 0.3 is 0 Å². The Balaban J connectivity index is 1.66. The molecule has 1 aromatic carbocycles. The third kappa shape index (κ3) is 4.64. The molecule has 3 nitrogen and oxygen atoms in total. The van der Waals surface area contributed by atoms with E-state index in [1.54, 1.807) is 0 Å². The summed E-state index contributed by atoms with van der Waals surface area (Å²) in [6.07, 6.45) is 4.87. The SMILES string of the molecule is CC1CC(C)(C)CC1NCC1(N(C)Cc2ccccc2)CCOCC1. The van der Waals surface area contributed by atoms with Crippen molar-refractivity contribution in [2.45, 2.75) is 64.6 Å². The normalized spacial score (nSPS) is 28.4. The van der Waals surface area contributed by atoms with Crippen molar-refractivity contribution in [2.75, 3.05) is 26.8 Å². The van der Waals surface area contributed by atoms with E-state index in [4.69, 9.17) is 4.74 Å². The highest BCUT2D eigenvalue weighted by atomic mass is 16.5. The van der Waals surface area contributed by atoms with Crippen LogP contribution >= 0.6 is 0 Å². The van der Waals surface area contributed by atoms with Crippen molar-refractivity contribution < 1.29 is 4.74 Å². The van der Waals surface area contributed by atoms with E-state index in [0.717, 1.165) is 45.1 Å². The third-order valence-corrected chi connectivity index (χ3v) is 6.52. The lowest BCUT2D eigenvalue weighted by Gasteiger charge is -2.45. The molecule has 2 fully saturated rings. The van der Waals surface area contributed by atoms with Crippen molar-refractivity contribution >= 4 is 0 Å². The van der Waals surface area contributed by atoms with Gasteiger partial charge in [0.2, 0.25) is 0 Å². The van der Waals surface area contributed by atoms with Crippen LogP contribution in [0.1, 0.15) is 52.0 Å². The van der Waals surface area contributed by atoms with Gasteiger partial charge in [0.15, 0.2) is 0 Å². The Morgan fingerprint density at radius 1 is 1.12 bits per heavy atom. The van der Waals surface area contributed by atoms with Gasteiger partial charge in [-0.25, -0.2) is 0 Å². The molecule has 1 heterocycles. The van der Waals surface area contributed by atoms with Gasteiger partial charge in [0, 0.05) is 37.9 Å². The molecule has 2 atom stereocenters. The molecular weight excluding hydrogens is 308 g/mol. The highest BCUT2D eigenvalue weighted by Gasteiger charge is 2.40. The fourth-order valence-corrected chi connectivity index (χ4v) is 4.96. The maximum Gasteiger partial charge on any atom is 0.0484 e. The molecule has 1 aliphatic heterocycles. The van der Waals surface area contributed by atoms with Crippen molar-refractivity contribution in [3.05, 3.63) is 35.9 Å². The van der Waals surface area contributed by atoms with Crippen molar-refractivity contribution in [1.29, 1.82) is 0 Å². The Morgan fingerprint density at radius 3 is 2.40 bits per heavy atom. The van der Waals surface area contributed by atoms with Gasteiger partial charge in [-0.3, -0.25) is 4.90 Å². The summed E-state index contributed by atoms with van der Waals surface area (Å²) in [6, 6.07) is 11.5. The van der Waals surface area contributed by atoms with Crippen molar-refractivity contribution in [1.82, 2.24) is 10.2 Å². The predicted molar refractivity (Wildman–Crippen MR) is 105 cm³/mol. The van der Waals surface area contributed by atoms with Crippen LogP contribution in [0.4, 0.5) is 0 Å². The van der Waals surface area contributed by atoms with Crippen LogP contribution in [-0.2, 0) is 11.3 Å². The average Bonchev–Trinajstić information content (AvgIpc) is 2.86. The van der Waals surface area contributed by atoms with Gasteiger partial charge in [-0.1, -0.05) is 51.1 Å². The van der Waals surface area contributed by atoms with E-state index < -0.39 is 0 Å². The smallest absolute Gasteiger partial charge is 0.0484 e. The van der Waals surface area contributed by atoms with Crippen molar-refractivity contribution in [3.8, 4) is 0 Å². The molecule has 3 heteroatoms. The Hall–Kier alpha value is -0.900. The highest BCUT2D eigenvalue weighted by Crippen LogP contribution is 2.41. The summed E-state index contributed by atoms with van der Waals surface area (Å²) < 4.78 is 5.70. The van der Waals surface area contributed by atoms with Crippen LogP contribution < -0.4 is 5.32 Å².